The van der Waals surface area contributed by atoms with E-state index in [1.807, 2.05) is 6.92 Å². The maximum absolute atomic E-state index is 12.9. The Morgan fingerprint density at radius 1 is 1.45 bits per heavy atom. The molecule has 2 aromatic rings. The highest BCUT2D eigenvalue weighted by atomic mass is 32.1. The number of rotatable bonds is 3. The van der Waals surface area contributed by atoms with Gasteiger partial charge in [-0.25, -0.2) is 9.37 Å². The lowest BCUT2D eigenvalue weighted by atomic mass is 10.1. The quantitative estimate of drug-likeness (QED) is 0.873. The Labute approximate surface area is 132 Å². The number of carbonyl (C=O) groups is 1. The molecule has 0 saturated carbocycles. The van der Waals surface area contributed by atoms with Crippen LogP contribution in [-0.2, 0) is 11.2 Å². The normalized spacial score (nSPS) is 18.5. The van der Waals surface area contributed by atoms with Crippen molar-refractivity contribution in [3.8, 4) is 0 Å². The zero-order valence-corrected chi connectivity index (χ0v) is 13.1. The largest absolute Gasteiger partial charge is 0.374 e. The summed E-state index contributed by atoms with van der Waals surface area (Å²) in [7, 11) is 0. The standard InChI is InChI=1S/C16H17FN2O2S/c1-11-18-15(10-22-11)16(20)19-6-7-21-14(9-19)8-12-2-4-13(17)5-3-12/h2-5,10,14H,6-9H2,1H3. The molecule has 1 atom stereocenters. The molecule has 0 aliphatic carbocycles. The fraction of sp³-hybridized carbons (Fsp3) is 0.375. The van der Waals surface area contributed by atoms with Crippen LogP contribution in [0.5, 0.6) is 0 Å². The van der Waals surface area contributed by atoms with Crippen molar-refractivity contribution in [2.24, 2.45) is 0 Å². The van der Waals surface area contributed by atoms with Gasteiger partial charge in [0.1, 0.15) is 11.5 Å². The third kappa shape index (κ3) is 3.51. The summed E-state index contributed by atoms with van der Waals surface area (Å²) in [4.78, 5) is 18.5. The highest BCUT2D eigenvalue weighted by Crippen LogP contribution is 2.16. The maximum atomic E-state index is 12.9. The van der Waals surface area contributed by atoms with Crippen molar-refractivity contribution < 1.29 is 13.9 Å². The predicted molar refractivity (Wildman–Crippen MR) is 82.6 cm³/mol. The van der Waals surface area contributed by atoms with Gasteiger partial charge in [0.2, 0.25) is 0 Å². The zero-order valence-electron chi connectivity index (χ0n) is 12.3. The Hall–Kier alpha value is -1.79. The number of thiazole rings is 1. The maximum Gasteiger partial charge on any atom is 0.273 e. The van der Waals surface area contributed by atoms with Crippen LogP contribution < -0.4 is 0 Å². The molecule has 116 valence electrons. The van der Waals surface area contributed by atoms with E-state index in [0.717, 1.165) is 10.6 Å². The molecule has 4 nitrogen and oxygen atoms in total. The molecular formula is C16H17FN2O2S. The number of hydrogen-bond acceptors (Lipinski definition) is 4. The second-order valence-electron chi connectivity index (χ2n) is 5.33. The van der Waals surface area contributed by atoms with Crippen LogP contribution in [-0.4, -0.2) is 41.6 Å². The van der Waals surface area contributed by atoms with Crippen molar-refractivity contribution in [3.63, 3.8) is 0 Å². The number of morpholine rings is 1. The molecule has 1 aromatic carbocycles. The molecule has 1 amide bonds. The molecule has 3 rings (SSSR count). The van der Waals surface area contributed by atoms with Crippen molar-refractivity contribution in [1.82, 2.24) is 9.88 Å². The highest BCUT2D eigenvalue weighted by Gasteiger charge is 2.26. The van der Waals surface area contributed by atoms with E-state index in [2.05, 4.69) is 4.98 Å². The third-order valence-corrected chi connectivity index (χ3v) is 4.41. The van der Waals surface area contributed by atoms with Crippen molar-refractivity contribution in [2.45, 2.75) is 19.4 Å². The average Bonchev–Trinajstić information content (AvgIpc) is 2.96. The van der Waals surface area contributed by atoms with Crippen molar-refractivity contribution in [3.05, 3.63) is 51.7 Å². The number of amides is 1. The van der Waals surface area contributed by atoms with E-state index >= 15 is 0 Å². The molecular weight excluding hydrogens is 303 g/mol. The number of aromatic nitrogens is 1. The van der Waals surface area contributed by atoms with Crippen LogP contribution in [0.15, 0.2) is 29.6 Å². The summed E-state index contributed by atoms with van der Waals surface area (Å²) in [6.45, 7) is 3.51. The zero-order chi connectivity index (χ0) is 15.5. The van der Waals surface area contributed by atoms with Crippen LogP contribution in [0, 0.1) is 12.7 Å². The summed E-state index contributed by atoms with van der Waals surface area (Å²) in [5.41, 5.74) is 1.51. The van der Waals surface area contributed by atoms with E-state index in [4.69, 9.17) is 4.74 Å². The van der Waals surface area contributed by atoms with E-state index in [1.54, 1.807) is 22.4 Å². The summed E-state index contributed by atoms with van der Waals surface area (Å²) in [5, 5.41) is 2.68. The summed E-state index contributed by atoms with van der Waals surface area (Å²) in [5.74, 6) is -0.291. The minimum absolute atomic E-state index is 0.0447. The van der Waals surface area contributed by atoms with Gasteiger partial charge in [0, 0.05) is 24.9 Å². The lowest BCUT2D eigenvalue weighted by Crippen LogP contribution is -2.46. The SMILES string of the molecule is Cc1nc(C(=O)N2CCOC(Cc3ccc(F)cc3)C2)cs1. The molecule has 0 spiro atoms. The van der Waals surface area contributed by atoms with Crippen molar-refractivity contribution in [1.29, 1.82) is 0 Å². The van der Waals surface area contributed by atoms with Gasteiger partial charge < -0.3 is 9.64 Å². The highest BCUT2D eigenvalue weighted by molar-refractivity contribution is 7.09. The molecule has 1 aliphatic rings. The van der Waals surface area contributed by atoms with E-state index in [-0.39, 0.29) is 17.8 Å². The first-order chi connectivity index (χ1) is 10.6. The van der Waals surface area contributed by atoms with Gasteiger partial charge in [0.05, 0.1) is 17.7 Å². The van der Waals surface area contributed by atoms with Gasteiger partial charge in [-0.05, 0) is 24.6 Å². The van der Waals surface area contributed by atoms with E-state index < -0.39 is 0 Å². The minimum Gasteiger partial charge on any atom is -0.374 e. The van der Waals surface area contributed by atoms with Gasteiger partial charge in [-0.15, -0.1) is 11.3 Å². The molecule has 6 heteroatoms. The molecule has 2 heterocycles. The number of halogens is 1. The van der Waals surface area contributed by atoms with Crippen LogP contribution in [0.1, 0.15) is 21.1 Å². The molecule has 1 aliphatic heterocycles. The van der Waals surface area contributed by atoms with Crippen LogP contribution >= 0.6 is 11.3 Å². The Balaban J connectivity index is 1.63. The first-order valence-electron chi connectivity index (χ1n) is 7.19. The monoisotopic (exact) mass is 320 g/mol. The Morgan fingerprint density at radius 3 is 2.91 bits per heavy atom. The summed E-state index contributed by atoms with van der Waals surface area (Å²) in [6, 6.07) is 6.39. The second kappa shape index (κ2) is 6.54. The van der Waals surface area contributed by atoms with Crippen molar-refractivity contribution >= 4 is 17.2 Å². The van der Waals surface area contributed by atoms with E-state index in [0.29, 0.717) is 31.8 Å². The lowest BCUT2D eigenvalue weighted by molar-refractivity contribution is -0.0209. The number of carbonyl (C=O) groups excluding carboxylic acids is 1. The molecule has 1 unspecified atom stereocenters. The second-order valence-corrected chi connectivity index (χ2v) is 6.39. The molecule has 0 radical (unpaired) electrons. The van der Waals surface area contributed by atoms with Crippen LogP contribution in [0.2, 0.25) is 0 Å². The summed E-state index contributed by atoms with van der Waals surface area (Å²) >= 11 is 1.48. The first kappa shape index (κ1) is 15.1. The summed E-state index contributed by atoms with van der Waals surface area (Å²) < 4.78 is 18.7. The molecule has 0 N–H and O–H groups in total. The van der Waals surface area contributed by atoms with Crippen LogP contribution in [0.25, 0.3) is 0 Å². The Kier molecular flexibility index (Phi) is 4.49. The average molecular weight is 320 g/mol. The lowest BCUT2D eigenvalue weighted by Gasteiger charge is -2.32. The number of nitrogens with zero attached hydrogens (tertiary/aromatic N) is 2. The van der Waals surface area contributed by atoms with Crippen molar-refractivity contribution in [2.75, 3.05) is 19.7 Å². The van der Waals surface area contributed by atoms with Gasteiger partial charge in [0.25, 0.3) is 5.91 Å². The third-order valence-electron chi connectivity index (χ3n) is 3.64. The van der Waals surface area contributed by atoms with E-state index in [1.165, 1.54) is 23.5 Å². The molecule has 1 fully saturated rings. The van der Waals surface area contributed by atoms with Gasteiger partial charge in [-0.2, -0.15) is 0 Å². The molecule has 1 aromatic heterocycles. The smallest absolute Gasteiger partial charge is 0.273 e. The number of hydrogen-bond donors (Lipinski definition) is 0. The molecule has 22 heavy (non-hydrogen) atoms. The Bertz CT molecular complexity index is 656. The molecule has 0 bridgehead atoms. The van der Waals surface area contributed by atoms with E-state index in [9.17, 15) is 9.18 Å². The topological polar surface area (TPSA) is 42.4 Å². The number of aryl methyl sites for hydroxylation is 1. The minimum atomic E-state index is -0.246. The van der Waals surface area contributed by atoms with Crippen LogP contribution in [0.4, 0.5) is 4.39 Å². The van der Waals surface area contributed by atoms with Gasteiger partial charge in [-0.3, -0.25) is 4.79 Å². The number of benzene rings is 1. The summed E-state index contributed by atoms with van der Waals surface area (Å²) in [6.07, 6.45) is 0.600. The fourth-order valence-electron chi connectivity index (χ4n) is 2.53. The molecule has 1 saturated heterocycles. The Morgan fingerprint density at radius 2 is 2.23 bits per heavy atom. The van der Waals surface area contributed by atoms with Crippen LogP contribution in [0.3, 0.4) is 0 Å². The number of ether oxygens (including phenoxy) is 1. The first-order valence-corrected chi connectivity index (χ1v) is 8.07. The van der Waals surface area contributed by atoms with Gasteiger partial charge >= 0.3 is 0 Å². The fourth-order valence-corrected chi connectivity index (χ4v) is 3.12. The predicted octanol–water partition coefficient (Wildman–Crippen LogP) is 2.67. The van der Waals surface area contributed by atoms with Gasteiger partial charge in [-0.1, -0.05) is 12.1 Å². The van der Waals surface area contributed by atoms with Gasteiger partial charge in [0.15, 0.2) is 0 Å².